The Labute approximate surface area is 226 Å². The van der Waals surface area contributed by atoms with Gasteiger partial charge < -0.3 is 19.9 Å². The lowest BCUT2D eigenvalue weighted by Gasteiger charge is -2.22. The highest BCUT2D eigenvalue weighted by atomic mass is 35.5. The summed E-state index contributed by atoms with van der Waals surface area (Å²) in [6.07, 6.45) is 2.36. The van der Waals surface area contributed by atoms with E-state index in [1.807, 2.05) is 6.07 Å². The summed E-state index contributed by atoms with van der Waals surface area (Å²) in [6, 6.07) is 12.3. The molecule has 2 aromatic carbocycles. The van der Waals surface area contributed by atoms with Gasteiger partial charge in [0.2, 0.25) is 5.91 Å². The molecule has 38 heavy (non-hydrogen) atoms. The average molecular weight is 536 g/mol. The number of anilines is 1. The van der Waals surface area contributed by atoms with Crippen molar-refractivity contribution in [2.45, 2.75) is 52.2 Å². The minimum Gasteiger partial charge on any atom is -0.456 e. The molecule has 9 heteroatoms. The molecule has 2 heterocycles. The van der Waals surface area contributed by atoms with Crippen molar-refractivity contribution in [1.82, 2.24) is 9.88 Å². The van der Waals surface area contributed by atoms with E-state index < -0.39 is 29.1 Å². The van der Waals surface area contributed by atoms with Gasteiger partial charge in [-0.25, -0.2) is 4.79 Å². The van der Waals surface area contributed by atoms with Gasteiger partial charge in [0.25, 0.3) is 11.5 Å². The molecular weight excluding hydrogens is 506 g/mol. The zero-order chi connectivity index (χ0) is 27.6. The number of carbonyl (C=O) groups is 3. The van der Waals surface area contributed by atoms with Gasteiger partial charge in [-0.15, -0.1) is 0 Å². The van der Waals surface area contributed by atoms with Crippen LogP contribution in [-0.4, -0.2) is 34.5 Å². The minimum absolute atomic E-state index is 0.292. The maximum atomic E-state index is 13.2. The van der Waals surface area contributed by atoms with E-state index in [1.54, 1.807) is 64.1 Å². The van der Waals surface area contributed by atoms with E-state index in [0.29, 0.717) is 46.8 Å². The summed E-state index contributed by atoms with van der Waals surface area (Å²) >= 11 is 6.23. The Kier molecular flexibility index (Phi) is 7.73. The summed E-state index contributed by atoms with van der Waals surface area (Å²) in [7, 11) is 0. The number of hydrogen-bond donors (Lipinski definition) is 2. The van der Waals surface area contributed by atoms with Crippen LogP contribution >= 0.6 is 11.6 Å². The van der Waals surface area contributed by atoms with Crippen LogP contribution in [0.4, 0.5) is 5.69 Å². The molecule has 0 saturated heterocycles. The number of fused-ring (bicyclic) bond motifs is 3. The molecule has 0 radical (unpaired) electrons. The van der Waals surface area contributed by atoms with Crippen LogP contribution in [0.2, 0.25) is 5.02 Å². The quantitative estimate of drug-likeness (QED) is 0.447. The molecular formula is C29H30ClN3O5. The predicted octanol–water partition coefficient (Wildman–Crippen LogP) is 5.00. The lowest BCUT2D eigenvalue weighted by molar-refractivity contribution is -0.119. The second-order valence-electron chi connectivity index (χ2n) is 10.1. The van der Waals surface area contributed by atoms with Crippen molar-refractivity contribution in [3.05, 3.63) is 86.8 Å². The first-order valence-corrected chi connectivity index (χ1v) is 12.8. The molecule has 2 amide bonds. The molecule has 1 atom stereocenters. The van der Waals surface area contributed by atoms with Crippen molar-refractivity contribution in [3.63, 3.8) is 0 Å². The fourth-order valence-electron chi connectivity index (χ4n) is 4.38. The van der Waals surface area contributed by atoms with Gasteiger partial charge in [-0.1, -0.05) is 24.6 Å². The van der Waals surface area contributed by atoms with E-state index in [4.69, 9.17) is 16.3 Å². The van der Waals surface area contributed by atoms with Crippen molar-refractivity contribution in [1.29, 1.82) is 0 Å². The molecule has 8 nitrogen and oxygen atoms in total. The SMILES string of the molecule is CCC(C(=O)Nc1ccc(C(=O)OC(C)(C)C)cc1)n1cc2c(cc1=O)-c1cc(Cl)ccc1CCNC2=O. The molecule has 0 saturated carbocycles. The van der Waals surface area contributed by atoms with Gasteiger partial charge in [0.15, 0.2) is 0 Å². The number of carbonyl (C=O) groups excluding carboxylic acids is 3. The average Bonchev–Trinajstić information content (AvgIpc) is 2.84. The van der Waals surface area contributed by atoms with Gasteiger partial charge in [-0.2, -0.15) is 0 Å². The zero-order valence-corrected chi connectivity index (χ0v) is 22.5. The van der Waals surface area contributed by atoms with Crippen LogP contribution in [0, 0.1) is 0 Å². The molecule has 3 aromatic rings. The molecule has 0 spiro atoms. The molecule has 0 bridgehead atoms. The van der Waals surface area contributed by atoms with Crippen LogP contribution in [0.3, 0.4) is 0 Å². The number of aromatic nitrogens is 1. The normalized spacial score (nSPS) is 13.8. The third kappa shape index (κ3) is 5.97. The summed E-state index contributed by atoms with van der Waals surface area (Å²) in [5.41, 5.74) is 2.25. The Balaban J connectivity index is 1.63. The number of nitrogens with one attached hydrogen (secondary N) is 2. The van der Waals surface area contributed by atoms with Crippen molar-refractivity contribution in [2.24, 2.45) is 0 Å². The maximum Gasteiger partial charge on any atom is 0.338 e. The molecule has 1 aliphatic rings. The summed E-state index contributed by atoms with van der Waals surface area (Å²) in [5.74, 6) is -1.21. The summed E-state index contributed by atoms with van der Waals surface area (Å²) in [6.45, 7) is 7.58. The van der Waals surface area contributed by atoms with E-state index in [0.717, 1.165) is 11.1 Å². The summed E-state index contributed by atoms with van der Waals surface area (Å²) in [5, 5.41) is 6.18. The minimum atomic E-state index is -0.865. The lowest BCUT2D eigenvalue weighted by Crippen LogP contribution is -2.35. The first-order chi connectivity index (χ1) is 18.0. The third-order valence-corrected chi connectivity index (χ3v) is 6.41. The van der Waals surface area contributed by atoms with Gasteiger partial charge in [-0.3, -0.25) is 14.4 Å². The number of nitrogens with zero attached hydrogens (tertiary/aromatic N) is 1. The van der Waals surface area contributed by atoms with Gasteiger partial charge in [0, 0.05) is 35.1 Å². The number of esters is 1. The summed E-state index contributed by atoms with van der Waals surface area (Å²) < 4.78 is 6.65. The molecule has 0 aliphatic carbocycles. The largest absolute Gasteiger partial charge is 0.456 e. The predicted molar refractivity (Wildman–Crippen MR) is 147 cm³/mol. The highest BCUT2D eigenvalue weighted by Gasteiger charge is 2.25. The number of benzene rings is 2. The van der Waals surface area contributed by atoms with Crippen LogP contribution < -0.4 is 16.2 Å². The first-order valence-electron chi connectivity index (χ1n) is 12.4. The van der Waals surface area contributed by atoms with Gasteiger partial charge in [0.1, 0.15) is 11.6 Å². The Morgan fingerprint density at radius 3 is 2.42 bits per heavy atom. The van der Waals surface area contributed by atoms with E-state index in [1.165, 1.54) is 16.8 Å². The maximum absolute atomic E-state index is 13.2. The standard InChI is InChI=1S/C29H30ClN3O5/c1-5-24(27(36)32-20-10-7-18(8-11-20)28(37)38-29(2,3)4)33-16-23-22(15-25(33)34)21-14-19(30)9-6-17(21)12-13-31-26(23)35/h6-11,14-16,24H,5,12-13H2,1-4H3,(H,31,35)(H,32,36). The van der Waals surface area contributed by atoms with Gasteiger partial charge in [-0.05, 0) is 81.1 Å². The number of pyridine rings is 1. The lowest BCUT2D eigenvalue weighted by atomic mass is 9.93. The molecule has 198 valence electrons. The number of ether oxygens (including phenoxy) is 1. The van der Waals surface area contributed by atoms with E-state index >= 15 is 0 Å². The van der Waals surface area contributed by atoms with Crippen LogP contribution in [0.5, 0.6) is 0 Å². The Morgan fingerprint density at radius 1 is 1.05 bits per heavy atom. The van der Waals surface area contributed by atoms with Crippen molar-refractivity contribution in [3.8, 4) is 11.1 Å². The molecule has 1 aromatic heterocycles. The fraction of sp³-hybridized carbons (Fsp3) is 0.310. The van der Waals surface area contributed by atoms with Crippen molar-refractivity contribution in [2.75, 3.05) is 11.9 Å². The van der Waals surface area contributed by atoms with E-state index in [9.17, 15) is 19.2 Å². The topological polar surface area (TPSA) is 106 Å². The molecule has 0 fully saturated rings. The fourth-order valence-corrected chi connectivity index (χ4v) is 4.55. The first kappa shape index (κ1) is 27.1. The van der Waals surface area contributed by atoms with E-state index in [2.05, 4.69) is 10.6 Å². The second kappa shape index (κ2) is 10.8. The number of rotatable bonds is 5. The van der Waals surface area contributed by atoms with Crippen LogP contribution in [0.1, 0.15) is 66.4 Å². The highest BCUT2D eigenvalue weighted by Crippen LogP contribution is 2.31. The Hall–Kier alpha value is -3.91. The Morgan fingerprint density at radius 2 is 1.76 bits per heavy atom. The van der Waals surface area contributed by atoms with Crippen LogP contribution in [-0.2, 0) is 16.0 Å². The Bertz CT molecular complexity index is 1450. The monoisotopic (exact) mass is 535 g/mol. The highest BCUT2D eigenvalue weighted by molar-refractivity contribution is 6.31. The number of halogens is 1. The number of amides is 2. The third-order valence-electron chi connectivity index (χ3n) is 6.18. The van der Waals surface area contributed by atoms with E-state index in [-0.39, 0.29) is 5.91 Å². The van der Waals surface area contributed by atoms with Gasteiger partial charge in [0.05, 0.1) is 11.1 Å². The smallest absolute Gasteiger partial charge is 0.338 e. The van der Waals surface area contributed by atoms with Crippen LogP contribution in [0.25, 0.3) is 11.1 Å². The van der Waals surface area contributed by atoms with Crippen LogP contribution in [0.15, 0.2) is 59.5 Å². The molecule has 4 rings (SSSR count). The summed E-state index contributed by atoms with van der Waals surface area (Å²) in [4.78, 5) is 51.7. The van der Waals surface area contributed by atoms with Gasteiger partial charge >= 0.3 is 5.97 Å². The molecule has 2 N–H and O–H groups in total. The van der Waals surface area contributed by atoms with Crippen molar-refractivity contribution >= 4 is 35.1 Å². The number of hydrogen-bond acceptors (Lipinski definition) is 5. The zero-order valence-electron chi connectivity index (χ0n) is 21.8. The molecule has 1 aliphatic heterocycles. The van der Waals surface area contributed by atoms with Crippen molar-refractivity contribution < 1.29 is 19.1 Å². The second-order valence-corrected chi connectivity index (χ2v) is 10.6. The molecule has 1 unspecified atom stereocenters.